The largest absolute Gasteiger partial charge is 0.315 e. The molecule has 0 radical (unpaired) electrons. The number of hydrogen-bond acceptors (Lipinski definition) is 2. The highest BCUT2D eigenvalue weighted by Crippen LogP contribution is 2.22. The van der Waals surface area contributed by atoms with Gasteiger partial charge in [-0.2, -0.15) is 0 Å². The lowest BCUT2D eigenvalue weighted by molar-refractivity contribution is 0.302. The summed E-state index contributed by atoms with van der Waals surface area (Å²) in [4.78, 5) is 2.61. The third-order valence-electron chi connectivity index (χ3n) is 3.56. The molecule has 1 rings (SSSR count). The van der Waals surface area contributed by atoms with Crippen LogP contribution in [0.1, 0.15) is 40.0 Å². The van der Waals surface area contributed by atoms with Crippen LogP contribution >= 0.6 is 0 Å². The Morgan fingerprint density at radius 3 is 2.73 bits per heavy atom. The van der Waals surface area contributed by atoms with E-state index in [1.165, 1.54) is 52.0 Å². The van der Waals surface area contributed by atoms with Gasteiger partial charge in [-0.15, -0.1) is 0 Å². The van der Waals surface area contributed by atoms with Gasteiger partial charge in [-0.1, -0.05) is 27.2 Å². The first-order chi connectivity index (χ1) is 7.24. The topological polar surface area (TPSA) is 15.3 Å². The number of nitrogens with zero attached hydrogens (tertiary/aromatic N) is 1. The van der Waals surface area contributed by atoms with Crippen LogP contribution in [-0.2, 0) is 0 Å². The Kier molecular flexibility index (Phi) is 6.26. The Hall–Kier alpha value is -0.0800. The van der Waals surface area contributed by atoms with Gasteiger partial charge in [0.2, 0.25) is 0 Å². The number of likely N-dealkylation sites (tertiary alicyclic amines) is 1. The number of unbranched alkanes of at least 4 members (excludes halogenated alkanes) is 1. The molecule has 0 aromatic carbocycles. The van der Waals surface area contributed by atoms with Crippen molar-refractivity contribution in [1.29, 1.82) is 0 Å². The second kappa shape index (κ2) is 7.24. The Labute approximate surface area is 95.4 Å². The van der Waals surface area contributed by atoms with Crippen molar-refractivity contribution in [3.63, 3.8) is 0 Å². The lowest BCUT2D eigenvalue weighted by Crippen LogP contribution is -2.31. The fourth-order valence-corrected chi connectivity index (χ4v) is 2.27. The molecule has 0 aliphatic carbocycles. The van der Waals surface area contributed by atoms with Crippen LogP contribution in [0.15, 0.2) is 0 Å². The highest BCUT2D eigenvalue weighted by molar-refractivity contribution is 4.77. The molecule has 0 amide bonds. The van der Waals surface area contributed by atoms with Crippen LogP contribution in [0, 0.1) is 11.8 Å². The standard InChI is InChI=1S/C13H28N2/c1-4-5-7-14-8-10-15-9-6-13(11-15)12(2)3/h12-14H,4-11H2,1-3H3. The molecule has 1 unspecified atom stereocenters. The van der Waals surface area contributed by atoms with E-state index in [0.717, 1.165) is 11.8 Å². The van der Waals surface area contributed by atoms with Crippen molar-refractivity contribution in [3.8, 4) is 0 Å². The Morgan fingerprint density at radius 1 is 1.33 bits per heavy atom. The maximum atomic E-state index is 3.52. The van der Waals surface area contributed by atoms with Gasteiger partial charge in [0, 0.05) is 19.6 Å². The number of hydrogen-bond donors (Lipinski definition) is 1. The van der Waals surface area contributed by atoms with Gasteiger partial charge in [0.15, 0.2) is 0 Å². The van der Waals surface area contributed by atoms with E-state index in [9.17, 15) is 0 Å². The summed E-state index contributed by atoms with van der Waals surface area (Å²) in [5.41, 5.74) is 0. The summed E-state index contributed by atoms with van der Waals surface area (Å²) in [7, 11) is 0. The molecule has 0 saturated carbocycles. The van der Waals surface area contributed by atoms with Crippen LogP contribution in [-0.4, -0.2) is 37.6 Å². The third-order valence-corrected chi connectivity index (χ3v) is 3.56. The molecule has 1 aliphatic heterocycles. The van der Waals surface area contributed by atoms with Crippen LogP contribution in [0.3, 0.4) is 0 Å². The summed E-state index contributed by atoms with van der Waals surface area (Å²) in [5.74, 6) is 1.81. The molecule has 1 fully saturated rings. The molecular formula is C13H28N2. The number of rotatable bonds is 7. The molecule has 2 nitrogen and oxygen atoms in total. The molecular weight excluding hydrogens is 184 g/mol. The van der Waals surface area contributed by atoms with Crippen molar-refractivity contribution in [1.82, 2.24) is 10.2 Å². The highest BCUT2D eigenvalue weighted by Gasteiger charge is 2.23. The average Bonchev–Trinajstić information content (AvgIpc) is 2.66. The molecule has 2 heteroatoms. The molecule has 0 bridgehead atoms. The summed E-state index contributed by atoms with van der Waals surface area (Å²) < 4.78 is 0. The summed E-state index contributed by atoms with van der Waals surface area (Å²) >= 11 is 0. The molecule has 1 atom stereocenters. The fraction of sp³-hybridized carbons (Fsp3) is 1.00. The van der Waals surface area contributed by atoms with Gasteiger partial charge < -0.3 is 10.2 Å². The van der Waals surface area contributed by atoms with E-state index in [1.807, 2.05) is 0 Å². The predicted molar refractivity (Wildman–Crippen MR) is 67.2 cm³/mol. The van der Waals surface area contributed by atoms with E-state index in [-0.39, 0.29) is 0 Å². The summed E-state index contributed by atoms with van der Waals surface area (Å²) in [6.45, 7) is 13.2. The predicted octanol–water partition coefficient (Wildman–Crippen LogP) is 2.35. The van der Waals surface area contributed by atoms with Crippen LogP contribution in [0.25, 0.3) is 0 Å². The molecule has 15 heavy (non-hydrogen) atoms. The first-order valence-corrected chi connectivity index (χ1v) is 6.67. The Morgan fingerprint density at radius 2 is 2.13 bits per heavy atom. The highest BCUT2D eigenvalue weighted by atomic mass is 15.2. The summed E-state index contributed by atoms with van der Waals surface area (Å²) in [6, 6.07) is 0. The SMILES string of the molecule is CCCCNCCN1CCC(C(C)C)C1. The van der Waals surface area contributed by atoms with E-state index in [1.54, 1.807) is 0 Å². The smallest absolute Gasteiger partial charge is 0.0107 e. The molecule has 0 aromatic rings. The third kappa shape index (κ3) is 4.98. The number of nitrogens with one attached hydrogen (secondary N) is 1. The normalized spacial score (nSPS) is 22.8. The molecule has 1 saturated heterocycles. The minimum absolute atomic E-state index is 0.864. The zero-order valence-electron chi connectivity index (χ0n) is 10.8. The first-order valence-electron chi connectivity index (χ1n) is 6.67. The van der Waals surface area contributed by atoms with Crippen molar-refractivity contribution in [2.24, 2.45) is 11.8 Å². The van der Waals surface area contributed by atoms with Gasteiger partial charge in [-0.25, -0.2) is 0 Å². The van der Waals surface area contributed by atoms with Crippen molar-refractivity contribution in [2.45, 2.75) is 40.0 Å². The molecule has 1 aliphatic rings. The minimum atomic E-state index is 0.864. The van der Waals surface area contributed by atoms with E-state index >= 15 is 0 Å². The quantitative estimate of drug-likeness (QED) is 0.652. The zero-order chi connectivity index (χ0) is 11.1. The molecule has 0 aromatic heterocycles. The molecule has 1 N–H and O–H groups in total. The zero-order valence-corrected chi connectivity index (χ0v) is 10.8. The van der Waals surface area contributed by atoms with Gasteiger partial charge in [0.05, 0.1) is 0 Å². The van der Waals surface area contributed by atoms with Gasteiger partial charge in [-0.05, 0) is 37.8 Å². The van der Waals surface area contributed by atoms with E-state index in [0.29, 0.717) is 0 Å². The fourth-order valence-electron chi connectivity index (χ4n) is 2.27. The maximum absolute atomic E-state index is 3.52. The van der Waals surface area contributed by atoms with Crippen LogP contribution < -0.4 is 5.32 Å². The maximum Gasteiger partial charge on any atom is 0.0107 e. The molecule has 90 valence electrons. The van der Waals surface area contributed by atoms with Crippen molar-refractivity contribution in [3.05, 3.63) is 0 Å². The van der Waals surface area contributed by atoms with Crippen molar-refractivity contribution in [2.75, 3.05) is 32.7 Å². The molecule has 0 spiro atoms. The average molecular weight is 212 g/mol. The Bertz CT molecular complexity index is 157. The van der Waals surface area contributed by atoms with Gasteiger partial charge in [-0.3, -0.25) is 0 Å². The van der Waals surface area contributed by atoms with Gasteiger partial charge >= 0.3 is 0 Å². The van der Waals surface area contributed by atoms with E-state index < -0.39 is 0 Å². The Balaban J connectivity index is 1.99. The van der Waals surface area contributed by atoms with Crippen LogP contribution in [0.5, 0.6) is 0 Å². The van der Waals surface area contributed by atoms with Crippen LogP contribution in [0.2, 0.25) is 0 Å². The second-order valence-corrected chi connectivity index (χ2v) is 5.20. The monoisotopic (exact) mass is 212 g/mol. The van der Waals surface area contributed by atoms with Gasteiger partial charge in [0.1, 0.15) is 0 Å². The van der Waals surface area contributed by atoms with Crippen molar-refractivity contribution >= 4 is 0 Å². The molecule has 1 heterocycles. The van der Waals surface area contributed by atoms with Gasteiger partial charge in [0.25, 0.3) is 0 Å². The first kappa shape index (κ1) is 13.0. The summed E-state index contributed by atoms with van der Waals surface area (Å²) in [6.07, 6.45) is 4.02. The van der Waals surface area contributed by atoms with E-state index in [2.05, 4.69) is 31.0 Å². The summed E-state index contributed by atoms with van der Waals surface area (Å²) in [5, 5.41) is 3.52. The lowest BCUT2D eigenvalue weighted by atomic mass is 9.95. The lowest BCUT2D eigenvalue weighted by Gasteiger charge is -2.17. The minimum Gasteiger partial charge on any atom is -0.315 e. The second-order valence-electron chi connectivity index (χ2n) is 5.20. The van der Waals surface area contributed by atoms with E-state index in [4.69, 9.17) is 0 Å². The van der Waals surface area contributed by atoms with Crippen molar-refractivity contribution < 1.29 is 0 Å². The van der Waals surface area contributed by atoms with Crippen LogP contribution in [0.4, 0.5) is 0 Å².